The van der Waals surface area contributed by atoms with Crippen molar-refractivity contribution < 1.29 is 9.21 Å². The summed E-state index contributed by atoms with van der Waals surface area (Å²) in [7, 11) is 0. The Bertz CT molecular complexity index is 1160. The third-order valence-corrected chi connectivity index (χ3v) is 5.62. The molecule has 9 heteroatoms. The van der Waals surface area contributed by atoms with E-state index in [-0.39, 0.29) is 5.11 Å². The number of thiocarbonyl (C=S) groups is 1. The second-order valence-corrected chi connectivity index (χ2v) is 8.23. The number of nitrogens with one attached hydrogen (secondary N) is 2. The van der Waals surface area contributed by atoms with Crippen molar-refractivity contribution in [1.29, 1.82) is 0 Å². The van der Waals surface area contributed by atoms with Crippen molar-refractivity contribution in [3.05, 3.63) is 80.0 Å². The lowest BCUT2D eigenvalue weighted by atomic mass is 10.1. The number of halogens is 4. The number of hydrogen-bond acceptors (Lipinski definition) is 3. The highest BCUT2D eigenvalue weighted by Crippen LogP contribution is 2.32. The molecule has 2 N–H and O–H groups in total. The first kappa shape index (κ1) is 22.7. The fourth-order valence-electron chi connectivity index (χ4n) is 2.43. The van der Waals surface area contributed by atoms with Crippen LogP contribution in [-0.2, 0) is 4.79 Å². The summed E-state index contributed by atoms with van der Waals surface area (Å²) in [5.74, 6) is 0.701. The van der Waals surface area contributed by atoms with Gasteiger partial charge in [-0.15, -0.1) is 0 Å². The third kappa shape index (κ3) is 5.78. The van der Waals surface area contributed by atoms with E-state index in [4.69, 9.17) is 63.0 Å². The molecular weight excluding hydrogens is 486 g/mol. The number of hydrogen-bond donors (Lipinski definition) is 2. The number of amides is 1. The van der Waals surface area contributed by atoms with Gasteiger partial charge >= 0.3 is 0 Å². The number of rotatable bonds is 4. The Kier molecular flexibility index (Phi) is 7.45. The van der Waals surface area contributed by atoms with Gasteiger partial charge in [-0.3, -0.25) is 10.1 Å². The molecular formula is C21H14Cl4N2O2S. The van der Waals surface area contributed by atoms with Crippen LogP contribution in [0.1, 0.15) is 11.3 Å². The maximum absolute atomic E-state index is 12.1. The molecule has 0 aliphatic carbocycles. The molecule has 0 spiro atoms. The molecule has 2 aromatic carbocycles. The van der Waals surface area contributed by atoms with Gasteiger partial charge in [-0.1, -0.05) is 58.5 Å². The van der Waals surface area contributed by atoms with Crippen molar-refractivity contribution in [3.63, 3.8) is 0 Å². The molecule has 0 atom stereocenters. The van der Waals surface area contributed by atoms with Crippen LogP contribution in [0.5, 0.6) is 0 Å². The minimum absolute atomic E-state index is 0.0550. The van der Waals surface area contributed by atoms with Gasteiger partial charge in [-0.05, 0) is 61.1 Å². The van der Waals surface area contributed by atoms with E-state index in [9.17, 15) is 4.79 Å². The average Bonchev–Trinajstić information content (AvgIpc) is 3.15. The molecule has 0 bridgehead atoms. The second kappa shape index (κ2) is 9.86. The van der Waals surface area contributed by atoms with Crippen LogP contribution in [0.2, 0.25) is 20.1 Å². The molecule has 3 rings (SSSR count). The lowest BCUT2D eigenvalue weighted by Crippen LogP contribution is -2.32. The van der Waals surface area contributed by atoms with E-state index < -0.39 is 5.91 Å². The van der Waals surface area contributed by atoms with Gasteiger partial charge < -0.3 is 9.73 Å². The minimum atomic E-state index is -0.444. The smallest absolute Gasteiger partial charge is 0.250 e. The number of benzene rings is 2. The van der Waals surface area contributed by atoms with Crippen molar-refractivity contribution >= 4 is 81.4 Å². The summed E-state index contributed by atoms with van der Waals surface area (Å²) in [6.07, 6.45) is 2.83. The van der Waals surface area contributed by atoms with Gasteiger partial charge in [0.15, 0.2) is 5.11 Å². The van der Waals surface area contributed by atoms with Gasteiger partial charge in [0.2, 0.25) is 5.91 Å². The zero-order chi connectivity index (χ0) is 21.8. The van der Waals surface area contributed by atoms with Crippen LogP contribution in [0.4, 0.5) is 5.69 Å². The number of aryl methyl sites for hydroxylation is 1. The molecule has 0 aliphatic heterocycles. The molecule has 0 saturated carbocycles. The fourth-order valence-corrected chi connectivity index (χ4v) is 3.41. The standard InChI is InChI=1S/C21H14Cl4N2O2S/c1-11-2-3-12(8-14(11)22)19-6-4-13(29-19)5-7-20(28)27-21(30)26-18-10-16(24)15(23)9-17(18)25/h2-10H,1H3,(H2,26,27,28,30)/b7-5+. The molecule has 0 saturated heterocycles. The highest BCUT2D eigenvalue weighted by Gasteiger charge is 2.09. The molecule has 1 amide bonds. The van der Waals surface area contributed by atoms with Crippen molar-refractivity contribution in [3.8, 4) is 11.3 Å². The highest BCUT2D eigenvalue weighted by molar-refractivity contribution is 7.80. The molecule has 4 nitrogen and oxygen atoms in total. The predicted octanol–water partition coefficient (Wildman–Crippen LogP) is 7.40. The lowest BCUT2D eigenvalue weighted by Gasteiger charge is -2.10. The lowest BCUT2D eigenvalue weighted by molar-refractivity contribution is -0.115. The van der Waals surface area contributed by atoms with Crippen molar-refractivity contribution in [2.75, 3.05) is 5.32 Å². The molecule has 0 unspecified atom stereocenters. The first-order valence-corrected chi connectivity index (χ1v) is 10.5. The van der Waals surface area contributed by atoms with E-state index in [1.165, 1.54) is 24.3 Å². The van der Waals surface area contributed by atoms with E-state index in [0.29, 0.717) is 37.3 Å². The highest BCUT2D eigenvalue weighted by atomic mass is 35.5. The van der Waals surface area contributed by atoms with Crippen molar-refractivity contribution in [1.82, 2.24) is 5.32 Å². The first-order chi connectivity index (χ1) is 14.2. The van der Waals surface area contributed by atoms with E-state index in [0.717, 1.165) is 11.1 Å². The van der Waals surface area contributed by atoms with Crippen LogP contribution in [-0.4, -0.2) is 11.0 Å². The van der Waals surface area contributed by atoms with Gasteiger partial charge in [-0.2, -0.15) is 0 Å². The van der Waals surface area contributed by atoms with Crippen LogP contribution < -0.4 is 10.6 Å². The zero-order valence-electron chi connectivity index (χ0n) is 15.4. The maximum atomic E-state index is 12.1. The van der Waals surface area contributed by atoms with Gasteiger partial charge in [0.05, 0.1) is 20.8 Å². The summed E-state index contributed by atoms with van der Waals surface area (Å²) in [5.41, 5.74) is 2.25. The van der Waals surface area contributed by atoms with Crippen LogP contribution in [0.15, 0.2) is 53.0 Å². The minimum Gasteiger partial charge on any atom is -0.457 e. The second-order valence-electron chi connectivity index (χ2n) is 6.19. The van der Waals surface area contributed by atoms with Crippen LogP contribution in [0, 0.1) is 6.92 Å². The Balaban J connectivity index is 1.61. The topological polar surface area (TPSA) is 54.3 Å². The molecule has 0 fully saturated rings. The van der Waals surface area contributed by atoms with Crippen molar-refractivity contribution in [2.45, 2.75) is 6.92 Å². The Morgan fingerprint density at radius 1 is 0.967 bits per heavy atom. The van der Waals surface area contributed by atoms with Gasteiger partial charge in [0, 0.05) is 16.7 Å². The maximum Gasteiger partial charge on any atom is 0.250 e. The number of furan rings is 1. The predicted molar refractivity (Wildman–Crippen MR) is 129 cm³/mol. The number of carbonyl (C=O) groups is 1. The molecule has 1 heterocycles. The SMILES string of the molecule is Cc1ccc(-c2ccc(/C=C/C(=O)NC(=S)Nc3cc(Cl)c(Cl)cc3Cl)o2)cc1Cl. The van der Waals surface area contributed by atoms with E-state index in [1.54, 1.807) is 12.1 Å². The van der Waals surface area contributed by atoms with Gasteiger partial charge in [-0.25, -0.2) is 0 Å². The number of anilines is 1. The van der Waals surface area contributed by atoms with E-state index in [2.05, 4.69) is 10.6 Å². The summed E-state index contributed by atoms with van der Waals surface area (Å²) in [6, 6.07) is 12.2. The zero-order valence-corrected chi connectivity index (χ0v) is 19.3. The normalized spacial score (nSPS) is 11.0. The van der Waals surface area contributed by atoms with Gasteiger partial charge in [0.25, 0.3) is 0 Å². The van der Waals surface area contributed by atoms with E-state index in [1.807, 2.05) is 25.1 Å². The molecule has 154 valence electrons. The molecule has 0 aliphatic rings. The third-order valence-electron chi connectivity index (χ3n) is 3.98. The molecule has 0 radical (unpaired) electrons. The fraction of sp³-hybridized carbons (Fsp3) is 0.0476. The molecule has 3 aromatic rings. The molecule has 30 heavy (non-hydrogen) atoms. The Hall–Kier alpha value is -2.02. The summed E-state index contributed by atoms with van der Waals surface area (Å²) < 4.78 is 5.74. The number of carbonyl (C=O) groups excluding carboxylic acids is 1. The Morgan fingerprint density at radius 3 is 2.43 bits per heavy atom. The summed E-state index contributed by atoms with van der Waals surface area (Å²) in [6.45, 7) is 1.93. The van der Waals surface area contributed by atoms with Gasteiger partial charge in [0.1, 0.15) is 11.5 Å². The Labute approximate surface area is 198 Å². The molecule has 1 aromatic heterocycles. The average molecular weight is 500 g/mol. The quantitative estimate of drug-likeness (QED) is 0.223. The first-order valence-electron chi connectivity index (χ1n) is 8.54. The monoisotopic (exact) mass is 498 g/mol. The van der Waals surface area contributed by atoms with Crippen LogP contribution in [0.3, 0.4) is 0 Å². The van der Waals surface area contributed by atoms with Crippen molar-refractivity contribution in [2.24, 2.45) is 0 Å². The van der Waals surface area contributed by atoms with Crippen LogP contribution in [0.25, 0.3) is 17.4 Å². The van der Waals surface area contributed by atoms with Crippen LogP contribution >= 0.6 is 58.6 Å². The summed E-state index contributed by atoms with van der Waals surface area (Å²) in [4.78, 5) is 12.1. The largest absolute Gasteiger partial charge is 0.457 e. The van der Waals surface area contributed by atoms with E-state index >= 15 is 0 Å². The summed E-state index contributed by atoms with van der Waals surface area (Å²) in [5, 5.41) is 6.96. The summed E-state index contributed by atoms with van der Waals surface area (Å²) >= 11 is 29.2. The Morgan fingerprint density at radius 2 is 1.70 bits per heavy atom.